The van der Waals surface area contributed by atoms with Crippen molar-refractivity contribution in [2.24, 2.45) is 0 Å². The number of rotatable bonds is 7. The molecule has 0 bridgehead atoms. The molecular formula is C32H29N2O3+. The van der Waals surface area contributed by atoms with E-state index in [1.165, 1.54) is 5.56 Å². The van der Waals surface area contributed by atoms with Crippen LogP contribution >= 0.6 is 0 Å². The number of Topliss-reactive ketones (excluding diaryl/α,β-unsaturated/α-hetero) is 1. The Bertz CT molecular complexity index is 1620. The van der Waals surface area contributed by atoms with Crippen LogP contribution in [0.25, 0.3) is 16.5 Å². The van der Waals surface area contributed by atoms with Gasteiger partial charge in [-0.3, -0.25) is 4.79 Å². The van der Waals surface area contributed by atoms with Crippen molar-refractivity contribution < 1.29 is 18.8 Å². The van der Waals surface area contributed by atoms with Crippen LogP contribution in [0.1, 0.15) is 25.0 Å². The summed E-state index contributed by atoms with van der Waals surface area (Å²) in [7, 11) is 1.63. The third kappa shape index (κ3) is 3.70. The minimum atomic E-state index is -0.286. The fourth-order valence-corrected chi connectivity index (χ4v) is 5.53. The molecule has 1 N–H and O–H groups in total. The van der Waals surface area contributed by atoms with Gasteiger partial charge in [0.2, 0.25) is 11.5 Å². The molecule has 0 saturated heterocycles. The summed E-state index contributed by atoms with van der Waals surface area (Å²) in [6.07, 6.45) is 3.91. The number of H-pyrrole nitrogens is 1. The van der Waals surface area contributed by atoms with Crippen LogP contribution < -0.4 is 4.74 Å². The van der Waals surface area contributed by atoms with Gasteiger partial charge in [0.05, 0.1) is 23.7 Å². The van der Waals surface area contributed by atoms with E-state index in [0.717, 1.165) is 33.6 Å². The number of ether oxygens (including phenoxy) is 2. The maximum absolute atomic E-state index is 13.6. The van der Waals surface area contributed by atoms with E-state index in [9.17, 15) is 4.79 Å². The average molecular weight is 490 g/mol. The number of benzene rings is 3. The summed E-state index contributed by atoms with van der Waals surface area (Å²) in [4.78, 5) is 16.8. The lowest BCUT2D eigenvalue weighted by atomic mass is 9.77. The lowest BCUT2D eigenvalue weighted by Gasteiger charge is -2.25. The SMILES string of the molecule is COC1=C(c2c[nH]c3ccccc23)C(=O)/C1=C\C1=[N+](CCOc2ccccc2)c2ccccc2C1(C)C. The number of ketones is 1. The van der Waals surface area contributed by atoms with Crippen molar-refractivity contribution in [2.75, 3.05) is 20.3 Å². The Hall–Kier alpha value is -4.38. The molecule has 1 aromatic heterocycles. The Kier molecular flexibility index (Phi) is 5.56. The number of fused-ring (bicyclic) bond motifs is 2. The molecule has 0 fully saturated rings. The molecule has 1 aliphatic carbocycles. The molecule has 0 atom stereocenters. The third-order valence-electron chi connectivity index (χ3n) is 7.41. The third-order valence-corrected chi connectivity index (χ3v) is 7.41. The van der Waals surface area contributed by atoms with Crippen molar-refractivity contribution in [3.05, 3.63) is 114 Å². The Morgan fingerprint density at radius 2 is 1.68 bits per heavy atom. The number of hydrogen-bond acceptors (Lipinski definition) is 3. The van der Waals surface area contributed by atoms with Crippen LogP contribution in [-0.2, 0) is 14.9 Å². The summed E-state index contributed by atoms with van der Waals surface area (Å²) in [5, 5.41) is 1.01. The summed E-state index contributed by atoms with van der Waals surface area (Å²) in [5.74, 6) is 1.48. The van der Waals surface area contributed by atoms with Crippen LogP contribution in [-0.4, -0.2) is 41.3 Å². The summed E-state index contributed by atoms with van der Waals surface area (Å²) in [6, 6.07) is 26.3. The van der Waals surface area contributed by atoms with E-state index in [1.807, 2.05) is 66.9 Å². The number of nitrogens with zero attached hydrogens (tertiary/aromatic N) is 1. The monoisotopic (exact) mass is 489 g/mol. The van der Waals surface area contributed by atoms with E-state index < -0.39 is 0 Å². The molecule has 0 unspecified atom stereocenters. The molecular weight excluding hydrogens is 460 g/mol. The first-order valence-electron chi connectivity index (χ1n) is 12.5. The van der Waals surface area contributed by atoms with Crippen molar-refractivity contribution in [3.63, 3.8) is 0 Å². The molecule has 37 heavy (non-hydrogen) atoms. The standard InChI is InChI=1S/C32H28N2O3/c1-32(2)25-14-8-10-16-27(25)34(17-18-37-21-11-5-4-6-12-21)28(32)19-23-30(35)29(31(23)36-3)24-20-33-26-15-9-7-13-22(24)26/h4-16,19-20H,17-18H2,1-3H3/p+1. The van der Waals surface area contributed by atoms with Gasteiger partial charge in [-0.05, 0) is 32.0 Å². The van der Waals surface area contributed by atoms with Crippen molar-refractivity contribution in [3.8, 4) is 5.75 Å². The highest BCUT2D eigenvalue weighted by Crippen LogP contribution is 2.44. The Morgan fingerprint density at radius 1 is 0.946 bits per heavy atom. The quantitative estimate of drug-likeness (QED) is 0.249. The fraction of sp³-hybridized carbons (Fsp3) is 0.188. The van der Waals surface area contributed by atoms with Crippen molar-refractivity contribution in [1.29, 1.82) is 0 Å². The molecule has 1 aliphatic heterocycles. The van der Waals surface area contributed by atoms with Crippen LogP contribution in [0.5, 0.6) is 5.75 Å². The highest BCUT2D eigenvalue weighted by Gasteiger charge is 2.47. The number of carbonyl (C=O) groups is 1. The van der Waals surface area contributed by atoms with Gasteiger partial charge < -0.3 is 14.5 Å². The molecule has 2 heterocycles. The second-order valence-electron chi connectivity index (χ2n) is 9.88. The van der Waals surface area contributed by atoms with E-state index in [0.29, 0.717) is 30.1 Å². The second-order valence-corrected chi connectivity index (χ2v) is 9.88. The van der Waals surface area contributed by atoms with Gasteiger partial charge in [0.25, 0.3) is 0 Å². The molecule has 5 nitrogen and oxygen atoms in total. The highest BCUT2D eigenvalue weighted by atomic mass is 16.5. The fourth-order valence-electron chi connectivity index (χ4n) is 5.53. The molecule has 3 aromatic carbocycles. The molecule has 5 heteroatoms. The number of para-hydroxylation sites is 3. The molecule has 0 spiro atoms. The second kappa shape index (κ2) is 8.93. The summed E-state index contributed by atoms with van der Waals surface area (Å²) in [6.45, 7) is 5.58. The van der Waals surface area contributed by atoms with Crippen LogP contribution in [0.3, 0.4) is 0 Å². The van der Waals surface area contributed by atoms with Gasteiger partial charge in [0, 0.05) is 40.4 Å². The summed E-state index contributed by atoms with van der Waals surface area (Å²) in [5.41, 5.74) is 6.24. The smallest absolute Gasteiger partial charge is 0.209 e. The predicted molar refractivity (Wildman–Crippen MR) is 147 cm³/mol. The number of aromatic amines is 1. The van der Waals surface area contributed by atoms with Crippen LogP contribution in [0.15, 0.2) is 102 Å². The van der Waals surface area contributed by atoms with Gasteiger partial charge >= 0.3 is 0 Å². The van der Waals surface area contributed by atoms with Crippen LogP contribution in [0, 0.1) is 0 Å². The molecule has 0 radical (unpaired) electrons. The summed E-state index contributed by atoms with van der Waals surface area (Å²) >= 11 is 0. The number of nitrogens with one attached hydrogen (secondary N) is 1. The molecule has 6 rings (SSSR count). The lowest BCUT2D eigenvalue weighted by molar-refractivity contribution is -0.439. The van der Waals surface area contributed by atoms with E-state index in [4.69, 9.17) is 9.47 Å². The van der Waals surface area contributed by atoms with Gasteiger partial charge in [0.15, 0.2) is 12.3 Å². The maximum atomic E-state index is 13.6. The Morgan fingerprint density at radius 3 is 2.49 bits per heavy atom. The number of hydrogen-bond donors (Lipinski definition) is 1. The minimum Gasteiger partial charge on any atom is -0.495 e. The largest absolute Gasteiger partial charge is 0.495 e. The van der Waals surface area contributed by atoms with E-state index in [2.05, 4.69) is 47.7 Å². The van der Waals surface area contributed by atoms with Crippen LogP contribution in [0.2, 0.25) is 0 Å². The highest BCUT2D eigenvalue weighted by molar-refractivity contribution is 6.41. The van der Waals surface area contributed by atoms with Crippen LogP contribution in [0.4, 0.5) is 5.69 Å². The number of carbonyl (C=O) groups excluding carboxylic acids is 1. The van der Waals surface area contributed by atoms with Gasteiger partial charge in [-0.1, -0.05) is 54.6 Å². The Balaban J connectivity index is 1.41. The number of methoxy groups -OCH3 is 1. The van der Waals surface area contributed by atoms with Gasteiger partial charge in [-0.25, -0.2) is 0 Å². The maximum Gasteiger partial charge on any atom is 0.209 e. The zero-order valence-electron chi connectivity index (χ0n) is 21.2. The van der Waals surface area contributed by atoms with E-state index >= 15 is 0 Å². The minimum absolute atomic E-state index is 0.00125. The molecule has 0 amide bonds. The first kappa shape index (κ1) is 23.0. The normalized spacial score (nSPS) is 17.4. The predicted octanol–water partition coefficient (Wildman–Crippen LogP) is 6.19. The van der Waals surface area contributed by atoms with Gasteiger partial charge in [-0.2, -0.15) is 4.58 Å². The van der Waals surface area contributed by atoms with E-state index in [1.54, 1.807) is 7.11 Å². The van der Waals surface area contributed by atoms with Crippen molar-refractivity contribution >= 4 is 33.7 Å². The average Bonchev–Trinajstić information content (AvgIpc) is 3.42. The zero-order chi connectivity index (χ0) is 25.6. The number of aromatic nitrogens is 1. The van der Waals surface area contributed by atoms with Crippen molar-refractivity contribution in [1.82, 2.24) is 4.98 Å². The molecule has 0 saturated carbocycles. The first-order chi connectivity index (χ1) is 18.0. The summed E-state index contributed by atoms with van der Waals surface area (Å²) < 4.78 is 14.1. The zero-order valence-corrected chi connectivity index (χ0v) is 21.2. The Labute approximate surface area is 216 Å². The lowest BCUT2D eigenvalue weighted by Crippen LogP contribution is -2.32. The van der Waals surface area contributed by atoms with Gasteiger partial charge in [-0.15, -0.1) is 0 Å². The first-order valence-corrected chi connectivity index (χ1v) is 12.5. The number of allylic oxidation sites excluding steroid dienone is 3. The molecule has 2 aliphatic rings. The van der Waals surface area contributed by atoms with Crippen molar-refractivity contribution in [2.45, 2.75) is 19.3 Å². The molecule has 4 aromatic rings. The topological polar surface area (TPSA) is 54.3 Å². The van der Waals surface area contributed by atoms with E-state index in [-0.39, 0.29) is 11.2 Å². The van der Waals surface area contributed by atoms with Gasteiger partial charge in [0.1, 0.15) is 18.1 Å². The molecule has 184 valence electrons.